The number of piperidine rings is 1. The predicted molar refractivity (Wildman–Crippen MR) is 93.6 cm³/mol. The number of hydrogen-bond donors (Lipinski definition) is 0. The van der Waals surface area contributed by atoms with E-state index in [9.17, 15) is 14.9 Å². The molecule has 7 heteroatoms. The number of amides is 1. The smallest absolute Gasteiger partial charge is 0.271 e. The first-order chi connectivity index (χ1) is 11.5. The van der Waals surface area contributed by atoms with Gasteiger partial charge in [-0.2, -0.15) is 0 Å². The molecule has 5 nitrogen and oxygen atoms in total. The quantitative estimate of drug-likeness (QED) is 0.558. The molecule has 1 amide bonds. The number of nitro benzene ring substituents is 1. The minimum Gasteiger partial charge on any atom is -0.305 e. The molecular weight excluding hydrogens is 351 g/mol. The van der Waals surface area contributed by atoms with Crippen molar-refractivity contribution in [3.63, 3.8) is 0 Å². The molecule has 1 aliphatic rings. The SMILES string of the molecule is O=C1CCCC(c2ccc(Cl)c(Cl)c2)N1c1cccc([N+](=O)[O-])c1. The van der Waals surface area contributed by atoms with Gasteiger partial charge in [-0.05, 0) is 36.6 Å². The fourth-order valence-corrected chi connectivity index (χ4v) is 3.29. The van der Waals surface area contributed by atoms with E-state index in [2.05, 4.69) is 0 Å². The number of benzene rings is 2. The monoisotopic (exact) mass is 364 g/mol. The zero-order chi connectivity index (χ0) is 17.3. The highest BCUT2D eigenvalue weighted by atomic mass is 35.5. The Labute approximate surface area is 148 Å². The summed E-state index contributed by atoms with van der Waals surface area (Å²) in [5.74, 6) is -0.0576. The van der Waals surface area contributed by atoms with E-state index in [1.54, 1.807) is 29.2 Å². The van der Waals surface area contributed by atoms with Crippen LogP contribution in [0.4, 0.5) is 11.4 Å². The van der Waals surface area contributed by atoms with Crippen molar-refractivity contribution in [2.45, 2.75) is 25.3 Å². The predicted octanol–water partition coefficient (Wildman–Crippen LogP) is 5.16. The number of nitro groups is 1. The third kappa shape index (κ3) is 3.23. The van der Waals surface area contributed by atoms with Gasteiger partial charge in [0.05, 0.1) is 26.7 Å². The molecule has 0 saturated carbocycles. The van der Waals surface area contributed by atoms with Gasteiger partial charge < -0.3 is 4.90 Å². The lowest BCUT2D eigenvalue weighted by molar-refractivity contribution is -0.384. The zero-order valence-electron chi connectivity index (χ0n) is 12.6. The Bertz CT molecular complexity index is 810. The van der Waals surface area contributed by atoms with Gasteiger partial charge in [0.15, 0.2) is 0 Å². The van der Waals surface area contributed by atoms with Crippen molar-refractivity contribution < 1.29 is 9.72 Å². The largest absolute Gasteiger partial charge is 0.305 e. The Morgan fingerprint density at radius 2 is 1.92 bits per heavy atom. The van der Waals surface area contributed by atoms with Crippen LogP contribution in [0.3, 0.4) is 0 Å². The van der Waals surface area contributed by atoms with Gasteiger partial charge in [0.1, 0.15) is 0 Å². The minimum atomic E-state index is -0.466. The van der Waals surface area contributed by atoms with E-state index in [-0.39, 0.29) is 17.6 Å². The Kier molecular flexibility index (Phi) is 4.73. The number of halogens is 2. The molecular formula is C17H14Cl2N2O3. The van der Waals surface area contributed by atoms with E-state index in [1.165, 1.54) is 12.1 Å². The van der Waals surface area contributed by atoms with Crippen molar-refractivity contribution in [3.05, 3.63) is 68.2 Å². The molecule has 1 fully saturated rings. The number of non-ortho nitro benzene ring substituents is 1. The molecule has 0 radical (unpaired) electrons. The molecule has 0 spiro atoms. The molecule has 1 saturated heterocycles. The summed E-state index contributed by atoms with van der Waals surface area (Å²) in [5, 5.41) is 11.9. The van der Waals surface area contributed by atoms with Crippen molar-refractivity contribution >= 4 is 40.5 Å². The average Bonchev–Trinajstić information content (AvgIpc) is 2.57. The van der Waals surface area contributed by atoms with Crippen LogP contribution in [0.25, 0.3) is 0 Å². The van der Waals surface area contributed by atoms with Crippen molar-refractivity contribution in [2.75, 3.05) is 4.90 Å². The van der Waals surface area contributed by atoms with Gasteiger partial charge in [0.2, 0.25) is 5.91 Å². The number of carbonyl (C=O) groups is 1. The van der Waals surface area contributed by atoms with E-state index >= 15 is 0 Å². The van der Waals surface area contributed by atoms with Gasteiger partial charge in [0.25, 0.3) is 5.69 Å². The standard InChI is InChI=1S/C17H14Cl2N2O3/c18-14-8-7-11(9-15(14)19)16-5-2-6-17(22)20(16)12-3-1-4-13(10-12)21(23)24/h1,3-4,7-10,16H,2,5-6H2. The molecule has 3 rings (SSSR count). The molecule has 0 aliphatic carbocycles. The molecule has 1 atom stereocenters. The van der Waals surface area contributed by atoms with Gasteiger partial charge in [-0.3, -0.25) is 14.9 Å². The number of carbonyl (C=O) groups excluding carboxylic acids is 1. The summed E-state index contributed by atoms with van der Waals surface area (Å²) in [6.45, 7) is 0. The van der Waals surface area contributed by atoms with Gasteiger partial charge in [-0.25, -0.2) is 0 Å². The number of nitrogens with zero attached hydrogens (tertiary/aromatic N) is 2. The Morgan fingerprint density at radius 1 is 1.12 bits per heavy atom. The summed E-state index contributed by atoms with van der Waals surface area (Å²) in [7, 11) is 0. The van der Waals surface area contributed by atoms with Gasteiger partial charge >= 0.3 is 0 Å². The second-order valence-electron chi connectivity index (χ2n) is 5.62. The van der Waals surface area contributed by atoms with Crippen LogP contribution in [0, 0.1) is 10.1 Å². The highest BCUT2D eigenvalue weighted by Gasteiger charge is 2.31. The fourth-order valence-electron chi connectivity index (χ4n) is 2.99. The van der Waals surface area contributed by atoms with Crippen LogP contribution in [-0.2, 0) is 4.79 Å². The van der Waals surface area contributed by atoms with E-state index < -0.39 is 4.92 Å². The lowest BCUT2D eigenvalue weighted by Gasteiger charge is -2.36. The zero-order valence-corrected chi connectivity index (χ0v) is 14.1. The topological polar surface area (TPSA) is 63.5 Å². The van der Waals surface area contributed by atoms with Crippen LogP contribution in [0.15, 0.2) is 42.5 Å². The second kappa shape index (κ2) is 6.79. The summed E-state index contributed by atoms with van der Waals surface area (Å²) < 4.78 is 0. The maximum absolute atomic E-state index is 12.5. The van der Waals surface area contributed by atoms with Crippen LogP contribution < -0.4 is 4.90 Å². The molecule has 24 heavy (non-hydrogen) atoms. The Morgan fingerprint density at radius 3 is 2.62 bits per heavy atom. The van der Waals surface area contributed by atoms with Crippen LogP contribution in [-0.4, -0.2) is 10.8 Å². The molecule has 1 aliphatic heterocycles. The number of rotatable bonds is 3. The molecule has 0 N–H and O–H groups in total. The highest BCUT2D eigenvalue weighted by molar-refractivity contribution is 6.42. The Balaban J connectivity index is 2.04. The molecule has 2 aromatic carbocycles. The fraction of sp³-hybridized carbons (Fsp3) is 0.235. The summed E-state index contributed by atoms with van der Waals surface area (Å²) in [6, 6.07) is 11.2. The van der Waals surface area contributed by atoms with E-state index in [4.69, 9.17) is 23.2 Å². The van der Waals surface area contributed by atoms with Crippen molar-refractivity contribution in [2.24, 2.45) is 0 Å². The maximum Gasteiger partial charge on any atom is 0.271 e. The molecule has 0 aromatic heterocycles. The molecule has 2 aromatic rings. The summed E-state index contributed by atoms with van der Waals surface area (Å²) in [5.41, 5.74) is 1.34. The van der Waals surface area contributed by atoms with Crippen molar-refractivity contribution in [1.82, 2.24) is 0 Å². The first-order valence-corrected chi connectivity index (χ1v) is 8.24. The Hall–Kier alpha value is -2.11. The third-order valence-electron chi connectivity index (χ3n) is 4.10. The van der Waals surface area contributed by atoms with E-state index in [0.29, 0.717) is 22.2 Å². The summed E-state index contributed by atoms with van der Waals surface area (Å²) in [4.78, 5) is 24.7. The lowest BCUT2D eigenvalue weighted by atomic mass is 9.94. The molecule has 1 heterocycles. The first-order valence-electron chi connectivity index (χ1n) is 7.49. The van der Waals surface area contributed by atoms with Gasteiger partial charge in [-0.15, -0.1) is 0 Å². The van der Waals surface area contributed by atoms with Crippen LogP contribution >= 0.6 is 23.2 Å². The van der Waals surface area contributed by atoms with E-state index in [0.717, 1.165) is 18.4 Å². The maximum atomic E-state index is 12.5. The van der Waals surface area contributed by atoms with Crippen molar-refractivity contribution in [1.29, 1.82) is 0 Å². The normalized spacial score (nSPS) is 17.8. The lowest BCUT2D eigenvalue weighted by Crippen LogP contribution is -2.38. The van der Waals surface area contributed by atoms with Crippen molar-refractivity contribution in [3.8, 4) is 0 Å². The average molecular weight is 365 g/mol. The first kappa shape index (κ1) is 16.7. The van der Waals surface area contributed by atoms with Crippen LogP contribution in [0.2, 0.25) is 10.0 Å². The van der Waals surface area contributed by atoms with E-state index in [1.807, 2.05) is 6.07 Å². The van der Waals surface area contributed by atoms with Crippen LogP contribution in [0.1, 0.15) is 30.9 Å². The highest BCUT2D eigenvalue weighted by Crippen LogP contribution is 2.38. The van der Waals surface area contributed by atoms with Crippen LogP contribution in [0.5, 0.6) is 0 Å². The molecule has 124 valence electrons. The van der Waals surface area contributed by atoms with Gasteiger partial charge in [-0.1, -0.05) is 35.3 Å². The number of hydrogen-bond acceptors (Lipinski definition) is 3. The third-order valence-corrected chi connectivity index (χ3v) is 4.83. The number of anilines is 1. The summed E-state index contributed by atoms with van der Waals surface area (Å²) >= 11 is 12.1. The summed E-state index contributed by atoms with van der Waals surface area (Å²) in [6.07, 6.45) is 1.93. The molecule has 1 unspecified atom stereocenters. The minimum absolute atomic E-state index is 0.0428. The second-order valence-corrected chi connectivity index (χ2v) is 6.44. The molecule has 0 bridgehead atoms. The van der Waals surface area contributed by atoms with Gasteiger partial charge in [0, 0.05) is 18.6 Å².